The van der Waals surface area contributed by atoms with Crippen LogP contribution in [0.1, 0.15) is 31.7 Å². The molecule has 0 radical (unpaired) electrons. The van der Waals surface area contributed by atoms with E-state index in [1.54, 1.807) is 12.1 Å². The van der Waals surface area contributed by atoms with Gasteiger partial charge in [-0.15, -0.1) is 0 Å². The average Bonchev–Trinajstić information content (AvgIpc) is 2.58. The molecule has 4 nitrogen and oxygen atoms in total. The van der Waals surface area contributed by atoms with E-state index in [-0.39, 0.29) is 5.91 Å². The molecular weight excluding hydrogens is 334 g/mol. The Morgan fingerprint density at radius 3 is 2.72 bits per heavy atom. The van der Waals surface area contributed by atoms with Crippen LogP contribution < -0.4 is 16.0 Å². The fourth-order valence-electron chi connectivity index (χ4n) is 3.34. The Morgan fingerprint density at radius 2 is 2.00 bits per heavy atom. The number of nitrogen functional groups attached to an aromatic ring is 1. The number of rotatable bonds is 4. The van der Waals surface area contributed by atoms with E-state index in [1.165, 1.54) is 19.3 Å². The SMILES string of the molecule is C[C@@H]1CCCCN1c1ccc(N)cc1NC(=O)Cc1ccc(Cl)cc1. The van der Waals surface area contributed by atoms with Crippen molar-refractivity contribution in [3.05, 3.63) is 53.1 Å². The predicted molar refractivity (Wildman–Crippen MR) is 105 cm³/mol. The van der Waals surface area contributed by atoms with Crippen molar-refractivity contribution >= 4 is 34.6 Å². The van der Waals surface area contributed by atoms with Crippen molar-refractivity contribution in [2.24, 2.45) is 0 Å². The molecule has 5 heteroatoms. The molecule has 3 rings (SSSR count). The third kappa shape index (κ3) is 4.45. The molecule has 0 bridgehead atoms. The van der Waals surface area contributed by atoms with E-state index >= 15 is 0 Å². The van der Waals surface area contributed by atoms with Gasteiger partial charge in [0.15, 0.2) is 0 Å². The second-order valence-corrected chi connectivity index (χ2v) is 7.10. The minimum atomic E-state index is -0.0566. The summed E-state index contributed by atoms with van der Waals surface area (Å²) in [5.74, 6) is -0.0566. The lowest BCUT2D eigenvalue weighted by atomic mass is 10.0. The van der Waals surface area contributed by atoms with E-state index in [9.17, 15) is 4.79 Å². The Bertz CT molecular complexity index is 745. The van der Waals surface area contributed by atoms with Gasteiger partial charge < -0.3 is 16.0 Å². The largest absolute Gasteiger partial charge is 0.399 e. The number of nitrogens with one attached hydrogen (secondary N) is 1. The topological polar surface area (TPSA) is 58.4 Å². The summed E-state index contributed by atoms with van der Waals surface area (Å²) < 4.78 is 0. The number of carbonyl (C=O) groups is 1. The van der Waals surface area contributed by atoms with E-state index in [2.05, 4.69) is 17.1 Å². The first kappa shape index (κ1) is 17.6. The average molecular weight is 358 g/mol. The van der Waals surface area contributed by atoms with Crippen LogP contribution in [0.25, 0.3) is 0 Å². The molecule has 1 amide bonds. The number of benzene rings is 2. The normalized spacial score (nSPS) is 17.4. The Balaban J connectivity index is 1.77. The molecule has 1 aliphatic heterocycles. The highest BCUT2D eigenvalue weighted by molar-refractivity contribution is 6.30. The highest BCUT2D eigenvalue weighted by atomic mass is 35.5. The molecule has 0 unspecified atom stereocenters. The summed E-state index contributed by atoms with van der Waals surface area (Å²) in [6, 6.07) is 13.5. The zero-order chi connectivity index (χ0) is 17.8. The van der Waals surface area contributed by atoms with Gasteiger partial charge in [0.25, 0.3) is 0 Å². The minimum Gasteiger partial charge on any atom is -0.399 e. The summed E-state index contributed by atoms with van der Waals surface area (Å²) in [5, 5.41) is 3.71. The first-order chi connectivity index (χ1) is 12.0. The second kappa shape index (κ2) is 7.79. The molecule has 0 aliphatic carbocycles. The number of amides is 1. The summed E-state index contributed by atoms with van der Waals surface area (Å²) >= 11 is 5.90. The van der Waals surface area contributed by atoms with Gasteiger partial charge in [-0.1, -0.05) is 23.7 Å². The van der Waals surface area contributed by atoms with Crippen molar-refractivity contribution < 1.29 is 4.79 Å². The third-order valence-electron chi connectivity index (χ3n) is 4.69. The van der Waals surface area contributed by atoms with Crippen molar-refractivity contribution in [2.45, 2.75) is 38.6 Å². The molecule has 132 valence electrons. The molecule has 0 spiro atoms. The summed E-state index contributed by atoms with van der Waals surface area (Å²) in [6.07, 6.45) is 3.90. The molecule has 1 saturated heterocycles. The molecule has 25 heavy (non-hydrogen) atoms. The minimum absolute atomic E-state index is 0.0566. The highest BCUT2D eigenvalue weighted by Crippen LogP contribution is 2.33. The van der Waals surface area contributed by atoms with Gasteiger partial charge in [-0.3, -0.25) is 4.79 Å². The van der Waals surface area contributed by atoms with Crippen molar-refractivity contribution in [2.75, 3.05) is 22.5 Å². The number of hydrogen-bond donors (Lipinski definition) is 2. The van der Waals surface area contributed by atoms with Gasteiger partial charge >= 0.3 is 0 Å². The smallest absolute Gasteiger partial charge is 0.228 e. The van der Waals surface area contributed by atoms with Gasteiger partial charge in [0, 0.05) is 23.3 Å². The zero-order valence-corrected chi connectivity index (χ0v) is 15.2. The molecule has 1 atom stereocenters. The van der Waals surface area contributed by atoms with Gasteiger partial charge in [0.05, 0.1) is 17.8 Å². The lowest BCUT2D eigenvalue weighted by molar-refractivity contribution is -0.115. The van der Waals surface area contributed by atoms with Crippen molar-refractivity contribution in [1.82, 2.24) is 0 Å². The summed E-state index contributed by atoms with van der Waals surface area (Å²) in [4.78, 5) is 14.9. The first-order valence-corrected chi connectivity index (χ1v) is 9.11. The zero-order valence-electron chi connectivity index (χ0n) is 14.5. The highest BCUT2D eigenvalue weighted by Gasteiger charge is 2.21. The van der Waals surface area contributed by atoms with Gasteiger partial charge in [-0.2, -0.15) is 0 Å². The maximum atomic E-state index is 12.5. The van der Waals surface area contributed by atoms with Crippen molar-refractivity contribution in [3.8, 4) is 0 Å². The van der Waals surface area contributed by atoms with Crippen LogP contribution in [0.15, 0.2) is 42.5 Å². The van der Waals surface area contributed by atoms with Crippen molar-refractivity contribution in [1.29, 1.82) is 0 Å². The van der Waals surface area contributed by atoms with Gasteiger partial charge in [-0.25, -0.2) is 0 Å². The monoisotopic (exact) mass is 357 g/mol. The maximum Gasteiger partial charge on any atom is 0.228 e. The first-order valence-electron chi connectivity index (χ1n) is 8.73. The number of carbonyl (C=O) groups excluding carboxylic acids is 1. The van der Waals surface area contributed by atoms with E-state index < -0.39 is 0 Å². The van der Waals surface area contributed by atoms with Gasteiger partial charge in [0.2, 0.25) is 5.91 Å². The van der Waals surface area contributed by atoms with E-state index in [4.69, 9.17) is 17.3 Å². The lowest BCUT2D eigenvalue weighted by Crippen LogP contribution is -2.38. The van der Waals surface area contributed by atoms with E-state index in [1.807, 2.05) is 30.3 Å². The number of piperidine rings is 1. The number of hydrogen-bond acceptors (Lipinski definition) is 3. The molecular formula is C20H24ClN3O. The number of halogens is 1. The molecule has 0 saturated carbocycles. The molecule has 3 N–H and O–H groups in total. The fourth-order valence-corrected chi connectivity index (χ4v) is 3.47. The third-order valence-corrected chi connectivity index (χ3v) is 4.94. The quantitative estimate of drug-likeness (QED) is 0.793. The molecule has 1 heterocycles. The molecule has 0 aromatic heterocycles. The summed E-state index contributed by atoms with van der Waals surface area (Å²) in [5.41, 5.74) is 9.36. The standard InChI is InChI=1S/C20H24ClN3O/c1-14-4-2-3-11-24(14)19-10-9-17(22)13-18(19)23-20(25)12-15-5-7-16(21)8-6-15/h5-10,13-14H,2-4,11-12,22H2,1H3,(H,23,25)/t14-/m1/s1. The van der Waals surface area contributed by atoms with Crippen LogP contribution in [-0.4, -0.2) is 18.5 Å². The maximum absolute atomic E-state index is 12.5. The van der Waals surface area contributed by atoms with E-state index in [0.29, 0.717) is 23.2 Å². The number of nitrogens with zero attached hydrogens (tertiary/aromatic N) is 1. The molecule has 2 aromatic rings. The molecule has 2 aromatic carbocycles. The van der Waals surface area contributed by atoms with Crippen LogP contribution in [0.4, 0.5) is 17.1 Å². The lowest BCUT2D eigenvalue weighted by Gasteiger charge is -2.36. The van der Waals surface area contributed by atoms with Crippen LogP contribution in [0.2, 0.25) is 5.02 Å². The van der Waals surface area contributed by atoms with Crippen LogP contribution in [0.5, 0.6) is 0 Å². The second-order valence-electron chi connectivity index (χ2n) is 6.67. The fraction of sp³-hybridized carbons (Fsp3) is 0.350. The molecule has 1 aliphatic rings. The van der Waals surface area contributed by atoms with Gasteiger partial charge in [0.1, 0.15) is 0 Å². The van der Waals surface area contributed by atoms with Crippen LogP contribution >= 0.6 is 11.6 Å². The van der Waals surface area contributed by atoms with Crippen molar-refractivity contribution in [3.63, 3.8) is 0 Å². The van der Waals surface area contributed by atoms with Gasteiger partial charge in [-0.05, 0) is 62.1 Å². The van der Waals surface area contributed by atoms with Crippen LogP contribution in [0.3, 0.4) is 0 Å². The Kier molecular flexibility index (Phi) is 5.49. The summed E-state index contributed by atoms with van der Waals surface area (Å²) in [7, 11) is 0. The Labute approximate surface area is 154 Å². The number of anilines is 3. The predicted octanol–water partition coefficient (Wildman–Crippen LogP) is 4.48. The van der Waals surface area contributed by atoms with Crippen LogP contribution in [-0.2, 0) is 11.2 Å². The number of nitrogens with two attached hydrogens (primary N) is 1. The van der Waals surface area contributed by atoms with E-state index in [0.717, 1.165) is 23.5 Å². The molecule has 1 fully saturated rings. The van der Waals surface area contributed by atoms with Crippen LogP contribution in [0, 0.1) is 0 Å². The Hall–Kier alpha value is -2.20. The summed E-state index contributed by atoms with van der Waals surface area (Å²) in [6.45, 7) is 3.24. The Morgan fingerprint density at radius 1 is 1.24 bits per heavy atom.